The minimum absolute atomic E-state index is 0.0606. The Hall–Kier alpha value is -4.16. The molecule has 0 unspecified atom stereocenters. The van der Waals surface area contributed by atoms with Gasteiger partial charge in [0.1, 0.15) is 0 Å². The third-order valence-corrected chi connectivity index (χ3v) is 8.30. The summed E-state index contributed by atoms with van der Waals surface area (Å²) in [6.07, 6.45) is 0.0606. The molecule has 0 spiro atoms. The number of methoxy groups -OCH3 is 1. The smallest absolute Gasteiger partial charge is 0.307 e. The van der Waals surface area contributed by atoms with E-state index >= 15 is 0 Å². The average Bonchev–Trinajstić information content (AvgIpc) is 3.49. The van der Waals surface area contributed by atoms with Crippen LogP contribution >= 0.6 is 11.3 Å². The number of hydrogen-bond donors (Lipinski definition) is 1. The van der Waals surface area contributed by atoms with Crippen LogP contribution in [-0.4, -0.2) is 38.8 Å². The van der Waals surface area contributed by atoms with Crippen LogP contribution in [0.4, 0.5) is 5.69 Å². The molecule has 3 aromatic carbocycles. The van der Waals surface area contributed by atoms with Gasteiger partial charge in [-0.05, 0) is 31.2 Å². The van der Waals surface area contributed by atoms with Gasteiger partial charge in [-0.2, -0.15) is 4.99 Å². The predicted octanol–water partition coefficient (Wildman–Crippen LogP) is 3.84. The molecule has 0 aliphatic carbocycles. The maximum Gasteiger partial charge on any atom is 0.307 e. The second kappa shape index (κ2) is 10.3. The van der Waals surface area contributed by atoms with Crippen molar-refractivity contribution in [3.05, 3.63) is 76.6 Å². The van der Waals surface area contributed by atoms with Crippen LogP contribution in [0.2, 0.25) is 0 Å². The van der Waals surface area contributed by atoms with Crippen molar-refractivity contribution in [3.63, 3.8) is 0 Å². The highest BCUT2D eigenvalue weighted by molar-refractivity contribution is 7.92. The number of hydrogen-bond acceptors (Lipinski definition) is 8. The number of nitrogens with zero attached hydrogens (tertiary/aromatic N) is 2. The molecule has 0 fully saturated rings. The lowest BCUT2D eigenvalue weighted by atomic mass is 10.2. The van der Waals surface area contributed by atoms with E-state index in [9.17, 15) is 18.0 Å². The number of aromatic nitrogens is 1. The summed E-state index contributed by atoms with van der Waals surface area (Å²) in [4.78, 5) is 30.0. The van der Waals surface area contributed by atoms with Gasteiger partial charge < -0.3 is 18.8 Å². The summed E-state index contributed by atoms with van der Waals surface area (Å²) in [6.45, 7) is 2.18. The van der Waals surface area contributed by atoms with Gasteiger partial charge in [0, 0.05) is 18.7 Å². The molecule has 1 amide bonds. The number of sulfonamides is 1. The van der Waals surface area contributed by atoms with E-state index in [1.807, 2.05) is 6.92 Å². The van der Waals surface area contributed by atoms with Gasteiger partial charge in [0.25, 0.3) is 15.9 Å². The second-order valence-electron chi connectivity index (χ2n) is 8.42. The number of fused-ring (bicyclic) bond motifs is 2. The van der Waals surface area contributed by atoms with Crippen molar-refractivity contribution in [1.29, 1.82) is 0 Å². The number of ether oxygens (including phenoxy) is 3. The Morgan fingerprint density at radius 1 is 1.08 bits per heavy atom. The summed E-state index contributed by atoms with van der Waals surface area (Å²) >= 11 is 1.24. The van der Waals surface area contributed by atoms with E-state index in [-0.39, 0.29) is 35.9 Å². The number of amides is 1. The number of rotatable bonds is 7. The topological polar surface area (TPSA) is 125 Å². The van der Waals surface area contributed by atoms with Crippen LogP contribution in [0.5, 0.6) is 11.5 Å². The van der Waals surface area contributed by atoms with Crippen molar-refractivity contribution in [3.8, 4) is 11.5 Å². The lowest BCUT2D eigenvalue weighted by molar-refractivity contribution is -0.140. The first-order valence-electron chi connectivity index (χ1n) is 11.5. The molecule has 38 heavy (non-hydrogen) atoms. The first-order chi connectivity index (χ1) is 18.2. The number of thiazole rings is 1. The van der Waals surface area contributed by atoms with Crippen molar-refractivity contribution in [1.82, 2.24) is 4.57 Å². The highest BCUT2D eigenvalue weighted by Gasteiger charge is 2.21. The number of carbonyl (C=O) groups is 2. The van der Waals surface area contributed by atoms with Crippen molar-refractivity contribution in [2.24, 2.45) is 4.99 Å². The van der Waals surface area contributed by atoms with Gasteiger partial charge >= 0.3 is 5.97 Å². The van der Waals surface area contributed by atoms with Crippen molar-refractivity contribution < 1.29 is 32.2 Å². The van der Waals surface area contributed by atoms with Crippen molar-refractivity contribution in [2.45, 2.75) is 24.8 Å². The Balaban J connectivity index is 1.54. The quantitative estimate of drug-likeness (QED) is 0.345. The Kier molecular flexibility index (Phi) is 6.91. The summed E-state index contributed by atoms with van der Waals surface area (Å²) < 4.78 is 46.7. The fourth-order valence-electron chi connectivity index (χ4n) is 3.89. The molecule has 5 rings (SSSR count). The van der Waals surface area contributed by atoms with E-state index in [2.05, 4.69) is 9.71 Å². The first-order valence-corrected chi connectivity index (χ1v) is 13.8. The zero-order chi connectivity index (χ0) is 26.9. The van der Waals surface area contributed by atoms with Crippen LogP contribution in [0.25, 0.3) is 10.2 Å². The van der Waals surface area contributed by atoms with Crippen LogP contribution in [0.15, 0.2) is 70.6 Å². The summed E-state index contributed by atoms with van der Waals surface area (Å²) in [5, 5.41) is 0. The minimum atomic E-state index is -3.94. The molecule has 0 bridgehead atoms. The molecule has 12 heteroatoms. The summed E-state index contributed by atoms with van der Waals surface area (Å²) in [5.74, 6) is 0.0693. The molecular formula is C26H23N3O7S2. The fourth-order valence-corrected chi connectivity index (χ4v) is 6.04. The molecule has 2 heterocycles. The molecule has 1 aliphatic heterocycles. The van der Waals surface area contributed by atoms with Gasteiger partial charge in [-0.3, -0.25) is 14.3 Å². The number of carbonyl (C=O) groups excluding carboxylic acids is 2. The highest BCUT2D eigenvalue weighted by atomic mass is 32.2. The van der Waals surface area contributed by atoms with Crippen molar-refractivity contribution in [2.75, 3.05) is 18.6 Å². The van der Waals surface area contributed by atoms with E-state index in [0.29, 0.717) is 21.8 Å². The van der Waals surface area contributed by atoms with Crippen LogP contribution in [-0.2, 0) is 26.1 Å². The van der Waals surface area contributed by atoms with Crippen LogP contribution in [0.1, 0.15) is 22.3 Å². The standard InChI is InChI=1S/C26H23N3O7S2/c1-16-7-9-17(10-8-16)38(32,33)28-19-6-4-3-5-18(19)25(31)27-26-29(12-11-24(30)34-2)20-13-21-22(36-15-35-21)14-23(20)37-26/h3-10,13-14,28H,11-12,15H2,1-2H3. The average molecular weight is 554 g/mol. The molecule has 196 valence electrons. The normalized spacial score (nSPS) is 13.1. The van der Waals surface area contributed by atoms with Gasteiger partial charge in [-0.25, -0.2) is 8.42 Å². The van der Waals surface area contributed by atoms with Gasteiger partial charge in [0.05, 0.1) is 39.9 Å². The van der Waals surface area contributed by atoms with Gasteiger partial charge in [0.15, 0.2) is 16.3 Å². The number of aryl methyl sites for hydroxylation is 2. The SMILES string of the molecule is COC(=O)CCn1c(=NC(=O)c2ccccc2NS(=O)(=O)c2ccc(C)cc2)sc2cc3c(cc21)OCO3. The third kappa shape index (κ3) is 5.13. The maximum atomic E-state index is 13.4. The maximum absolute atomic E-state index is 13.4. The molecule has 1 aliphatic rings. The van der Waals surface area contributed by atoms with E-state index in [0.717, 1.165) is 10.3 Å². The molecule has 0 radical (unpaired) electrons. The van der Waals surface area contributed by atoms with Crippen LogP contribution < -0.4 is 19.0 Å². The number of esters is 1. The zero-order valence-corrected chi connectivity index (χ0v) is 22.1. The fraction of sp³-hybridized carbons (Fsp3) is 0.192. The Morgan fingerprint density at radius 2 is 1.79 bits per heavy atom. The molecule has 0 saturated carbocycles. The molecule has 4 aromatic rings. The van der Waals surface area contributed by atoms with Gasteiger partial charge in [-0.1, -0.05) is 41.2 Å². The number of nitrogens with one attached hydrogen (secondary N) is 1. The Morgan fingerprint density at radius 3 is 2.53 bits per heavy atom. The van der Waals surface area contributed by atoms with E-state index in [1.165, 1.54) is 42.7 Å². The summed E-state index contributed by atoms with van der Waals surface area (Å²) in [6, 6.07) is 16.2. The Labute approximate surface area is 222 Å². The minimum Gasteiger partial charge on any atom is -0.469 e. The molecular weight excluding hydrogens is 530 g/mol. The lowest BCUT2D eigenvalue weighted by Crippen LogP contribution is -2.20. The zero-order valence-electron chi connectivity index (χ0n) is 20.5. The van der Waals surface area contributed by atoms with Crippen molar-refractivity contribution >= 4 is 49.1 Å². The molecule has 10 nitrogen and oxygen atoms in total. The predicted molar refractivity (Wildman–Crippen MR) is 141 cm³/mol. The lowest BCUT2D eigenvalue weighted by Gasteiger charge is -2.11. The second-order valence-corrected chi connectivity index (χ2v) is 11.1. The van der Waals surface area contributed by atoms with Crippen LogP contribution in [0, 0.1) is 6.92 Å². The number of benzene rings is 3. The van der Waals surface area contributed by atoms with Crippen LogP contribution in [0.3, 0.4) is 0 Å². The summed E-state index contributed by atoms with van der Waals surface area (Å²) in [5.41, 5.74) is 1.81. The van der Waals surface area contributed by atoms with Gasteiger partial charge in [-0.15, -0.1) is 0 Å². The molecule has 0 saturated heterocycles. The van der Waals surface area contributed by atoms with E-state index < -0.39 is 21.9 Å². The first kappa shape index (κ1) is 25.5. The van der Waals surface area contributed by atoms with Gasteiger partial charge in [0.2, 0.25) is 6.79 Å². The van der Waals surface area contributed by atoms with E-state index in [1.54, 1.807) is 41.0 Å². The molecule has 1 N–H and O–H groups in total. The Bertz CT molecular complexity index is 1720. The largest absolute Gasteiger partial charge is 0.469 e. The number of anilines is 1. The summed E-state index contributed by atoms with van der Waals surface area (Å²) in [7, 11) is -2.63. The van der Waals surface area contributed by atoms with E-state index in [4.69, 9.17) is 14.2 Å². The third-order valence-electron chi connectivity index (χ3n) is 5.87. The molecule has 0 atom stereocenters. The highest BCUT2D eigenvalue weighted by Crippen LogP contribution is 2.37. The monoisotopic (exact) mass is 553 g/mol. The molecule has 1 aromatic heterocycles. The number of para-hydroxylation sites is 1.